The maximum atomic E-state index is 5.84. The van der Waals surface area contributed by atoms with Crippen molar-refractivity contribution in [3.8, 4) is 0 Å². The summed E-state index contributed by atoms with van der Waals surface area (Å²) in [7, 11) is 2.15. The van der Waals surface area contributed by atoms with E-state index in [4.69, 9.17) is 5.73 Å². The van der Waals surface area contributed by atoms with E-state index in [0.29, 0.717) is 0 Å². The molecular formula is C12H18N2. The molecule has 0 bridgehead atoms. The summed E-state index contributed by atoms with van der Waals surface area (Å²) in [6.45, 7) is 3.21. The molecule has 0 aliphatic carbocycles. The lowest BCUT2D eigenvalue weighted by Gasteiger charge is -2.14. The van der Waals surface area contributed by atoms with Gasteiger partial charge in [-0.15, -0.1) is 0 Å². The average molecular weight is 190 g/mol. The molecule has 0 aromatic heterocycles. The minimum Gasteiger partial charge on any atom is -0.374 e. The Labute approximate surface area is 85.7 Å². The van der Waals surface area contributed by atoms with Crippen LogP contribution in [-0.4, -0.2) is 19.6 Å². The first-order valence-corrected chi connectivity index (χ1v) is 5.26. The second-order valence-electron chi connectivity index (χ2n) is 4.27. The molecule has 0 amide bonds. The molecule has 76 valence electrons. The van der Waals surface area contributed by atoms with Crippen molar-refractivity contribution in [1.82, 2.24) is 0 Å². The number of anilines is 1. The highest BCUT2D eigenvalue weighted by Crippen LogP contribution is 2.29. The van der Waals surface area contributed by atoms with Crippen molar-refractivity contribution >= 4 is 5.69 Å². The van der Waals surface area contributed by atoms with Crippen molar-refractivity contribution in [2.75, 3.05) is 18.5 Å². The van der Waals surface area contributed by atoms with Crippen molar-refractivity contribution in [3.05, 3.63) is 29.3 Å². The lowest BCUT2D eigenvalue weighted by atomic mass is 9.99. The highest BCUT2D eigenvalue weighted by Gasteiger charge is 2.18. The number of hydrogen-bond acceptors (Lipinski definition) is 2. The van der Waals surface area contributed by atoms with Gasteiger partial charge in [-0.05, 0) is 37.0 Å². The minimum absolute atomic E-state index is 0.257. The van der Waals surface area contributed by atoms with E-state index in [-0.39, 0.29) is 6.04 Å². The third-order valence-electron chi connectivity index (χ3n) is 2.90. The molecule has 14 heavy (non-hydrogen) atoms. The van der Waals surface area contributed by atoms with Crippen LogP contribution < -0.4 is 10.6 Å². The molecule has 2 rings (SSSR count). The molecule has 1 aromatic rings. The van der Waals surface area contributed by atoms with Gasteiger partial charge in [-0.1, -0.05) is 12.1 Å². The van der Waals surface area contributed by atoms with Crippen LogP contribution in [0.3, 0.4) is 0 Å². The lowest BCUT2D eigenvalue weighted by molar-refractivity contribution is 0.733. The van der Waals surface area contributed by atoms with E-state index in [0.717, 1.165) is 13.0 Å². The predicted octanol–water partition coefficient (Wildman–Crippen LogP) is 1.57. The van der Waals surface area contributed by atoms with E-state index in [9.17, 15) is 0 Å². The first-order valence-electron chi connectivity index (χ1n) is 5.26. The van der Waals surface area contributed by atoms with Crippen LogP contribution in [0.2, 0.25) is 0 Å². The smallest absolute Gasteiger partial charge is 0.0399 e. The molecule has 1 aliphatic rings. The van der Waals surface area contributed by atoms with Gasteiger partial charge in [-0.3, -0.25) is 0 Å². The Morgan fingerprint density at radius 2 is 2.29 bits per heavy atom. The number of rotatable bonds is 2. The summed E-state index contributed by atoms with van der Waals surface area (Å²) < 4.78 is 0. The number of nitrogens with zero attached hydrogens (tertiary/aromatic N) is 1. The summed E-state index contributed by atoms with van der Waals surface area (Å²) in [4.78, 5) is 2.32. The van der Waals surface area contributed by atoms with Gasteiger partial charge >= 0.3 is 0 Å². The summed E-state index contributed by atoms with van der Waals surface area (Å²) in [6, 6.07) is 6.81. The van der Waals surface area contributed by atoms with Gasteiger partial charge in [0, 0.05) is 25.3 Å². The number of likely N-dealkylation sites (N-methyl/N-ethyl adjacent to an activating group) is 1. The van der Waals surface area contributed by atoms with Gasteiger partial charge in [-0.25, -0.2) is 0 Å². The summed E-state index contributed by atoms with van der Waals surface area (Å²) in [6.07, 6.45) is 2.17. The third kappa shape index (κ3) is 1.62. The molecule has 1 unspecified atom stereocenters. The fraction of sp³-hybridized carbons (Fsp3) is 0.500. The Balaban J connectivity index is 2.34. The summed E-state index contributed by atoms with van der Waals surface area (Å²) >= 11 is 0. The van der Waals surface area contributed by atoms with E-state index in [1.54, 1.807) is 0 Å². The van der Waals surface area contributed by atoms with Crippen LogP contribution in [0.5, 0.6) is 0 Å². The van der Waals surface area contributed by atoms with Crippen LogP contribution in [0.25, 0.3) is 0 Å². The highest BCUT2D eigenvalue weighted by molar-refractivity contribution is 5.60. The van der Waals surface area contributed by atoms with E-state index in [1.165, 1.54) is 23.2 Å². The van der Waals surface area contributed by atoms with E-state index in [2.05, 4.69) is 37.1 Å². The second-order valence-corrected chi connectivity index (χ2v) is 4.27. The normalized spacial score (nSPS) is 16.9. The largest absolute Gasteiger partial charge is 0.374 e. The Hall–Kier alpha value is -1.02. The zero-order valence-corrected chi connectivity index (χ0v) is 8.96. The molecule has 1 heterocycles. The zero-order valence-electron chi connectivity index (χ0n) is 8.96. The number of benzene rings is 1. The molecule has 1 aromatic carbocycles. The van der Waals surface area contributed by atoms with Crippen molar-refractivity contribution in [2.45, 2.75) is 25.8 Å². The van der Waals surface area contributed by atoms with Gasteiger partial charge < -0.3 is 10.6 Å². The summed E-state index contributed by atoms with van der Waals surface area (Å²) in [5.74, 6) is 0. The van der Waals surface area contributed by atoms with Crippen LogP contribution in [-0.2, 0) is 12.8 Å². The first kappa shape index (κ1) is 9.53. The molecule has 1 atom stereocenters. The van der Waals surface area contributed by atoms with Gasteiger partial charge in [0.1, 0.15) is 0 Å². The van der Waals surface area contributed by atoms with Crippen molar-refractivity contribution < 1.29 is 0 Å². The quantitative estimate of drug-likeness (QED) is 0.767. The molecule has 0 saturated heterocycles. The number of hydrogen-bond donors (Lipinski definition) is 1. The van der Waals surface area contributed by atoms with E-state index in [1.807, 2.05) is 0 Å². The van der Waals surface area contributed by atoms with Gasteiger partial charge in [0.05, 0.1) is 0 Å². The second kappa shape index (κ2) is 3.62. The Kier molecular flexibility index (Phi) is 2.46. The first-order chi connectivity index (χ1) is 6.68. The lowest BCUT2D eigenvalue weighted by Crippen LogP contribution is -2.18. The van der Waals surface area contributed by atoms with Gasteiger partial charge in [0.25, 0.3) is 0 Å². The molecule has 0 spiro atoms. The molecule has 0 fully saturated rings. The number of fused-ring (bicyclic) bond motifs is 1. The van der Waals surface area contributed by atoms with Crippen LogP contribution in [0, 0.1) is 0 Å². The van der Waals surface area contributed by atoms with Crippen molar-refractivity contribution in [1.29, 1.82) is 0 Å². The van der Waals surface area contributed by atoms with Crippen molar-refractivity contribution in [3.63, 3.8) is 0 Å². The fourth-order valence-electron chi connectivity index (χ4n) is 2.21. The topological polar surface area (TPSA) is 29.3 Å². The Morgan fingerprint density at radius 3 is 3.00 bits per heavy atom. The maximum Gasteiger partial charge on any atom is 0.0399 e. The molecule has 2 N–H and O–H groups in total. The molecule has 1 aliphatic heterocycles. The van der Waals surface area contributed by atoms with E-state index >= 15 is 0 Å². The van der Waals surface area contributed by atoms with Crippen LogP contribution in [0.1, 0.15) is 18.1 Å². The fourth-order valence-corrected chi connectivity index (χ4v) is 2.21. The zero-order chi connectivity index (χ0) is 10.1. The Morgan fingerprint density at radius 1 is 1.50 bits per heavy atom. The van der Waals surface area contributed by atoms with Gasteiger partial charge in [0.2, 0.25) is 0 Å². The molecular weight excluding hydrogens is 172 g/mol. The number of nitrogens with two attached hydrogens (primary N) is 1. The standard InChI is InChI=1S/C12H18N2/c1-9(13)8-10-4-3-5-12-11(10)6-7-14(12)2/h3-5,9H,6-8,13H2,1-2H3. The molecule has 2 nitrogen and oxygen atoms in total. The highest BCUT2D eigenvalue weighted by atomic mass is 15.1. The molecule has 0 saturated carbocycles. The summed E-state index contributed by atoms with van der Waals surface area (Å²) in [5.41, 5.74) is 10.2. The average Bonchev–Trinajstić information content (AvgIpc) is 2.49. The van der Waals surface area contributed by atoms with Gasteiger partial charge in [0.15, 0.2) is 0 Å². The monoisotopic (exact) mass is 190 g/mol. The van der Waals surface area contributed by atoms with Crippen LogP contribution in [0.15, 0.2) is 18.2 Å². The Bertz CT molecular complexity index is 331. The van der Waals surface area contributed by atoms with Crippen LogP contribution in [0.4, 0.5) is 5.69 Å². The minimum atomic E-state index is 0.257. The van der Waals surface area contributed by atoms with E-state index < -0.39 is 0 Å². The summed E-state index contributed by atoms with van der Waals surface area (Å²) in [5, 5.41) is 0. The van der Waals surface area contributed by atoms with Crippen molar-refractivity contribution in [2.24, 2.45) is 5.73 Å². The van der Waals surface area contributed by atoms with Crippen LogP contribution >= 0.6 is 0 Å². The molecule has 0 radical (unpaired) electrons. The predicted molar refractivity (Wildman–Crippen MR) is 60.8 cm³/mol. The molecule has 2 heteroatoms. The third-order valence-corrected chi connectivity index (χ3v) is 2.90. The van der Waals surface area contributed by atoms with Gasteiger partial charge in [-0.2, -0.15) is 0 Å². The maximum absolute atomic E-state index is 5.84. The SMILES string of the molecule is CC(N)Cc1cccc2c1CCN2C.